The quantitative estimate of drug-likeness (QED) is 0.688. The molecule has 0 spiro atoms. The molecule has 0 aliphatic heterocycles. The van der Waals surface area contributed by atoms with Crippen molar-refractivity contribution >= 4 is 23.4 Å². The van der Waals surface area contributed by atoms with E-state index in [-0.39, 0.29) is 24.5 Å². The molecule has 28 heavy (non-hydrogen) atoms. The highest BCUT2D eigenvalue weighted by Gasteiger charge is 2.27. The van der Waals surface area contributed by atoms with Crippen LogP contribution in [0.2, 0.25) is 5.02 Å². The number of carbonyl (C=O) groups excluding carboxylic acids is 2. The summed E-state index contributed by atoms with van der Waals surface area (Å²) in [6, 6.07) is 15.8. The molecule has 0 aliphatic carbocycles. The van der Waals surface area contributed by atoms with Crippen molar-refractivity contribution < 1.29 is 14.3 Å². The fourth-order valence-corrected chi connectivity index (χ4v) is 2.71. The summed E-state index contributed by atoms with van der Waals surface area (Å²) in [5, 5.41) is 3.54. The molecule has 0 saturated carbocycles. The smallest absolute Gasteiger partial charge is 0.261 e. The molecular formula is C22H27ClN2O3. The summed E-state index contributed by atoms with van der Waals surface area (Å²) in [6.45, 7) is 5.86. The van der Waals surface area contributed by atoms with Crippen LogP contribution in [0, 0.1) is 0 Å². The third-order valence-electron chi connectivity index (χ3n) is 4.54. The molecule has 0 bridgehead atoms. The van der Waals surface area contributed by atoms with E-state index in [9.17, 15) is 9.59 Å². The van der Waals surface area contributed by atoms with E-state index in [0.717, 1.165) is 12.0 Å². The van der Waals surface area contributed by atoms with Crippen LogP contribution in [0.4, 0.5) is 0 Å². The zero-order chi connectivity index (χ0) is 20.5. The maximum atomic E-state index is 12.9. The predicted octanol–water partition coefficient (Wildman–Crippen LogP) is 4.05. The van der Waals surface area contributed by atoms with E-state index in [1.807, 2.05) is 44.2 Å². The first kappa shape index (κ1) is 21.8. The number of benzene rings is 2. The molecule has 2 aromatic carbocycles. The SMILES string of the molecule is CC[C@@H](C)NC(=O)[C@@H](C)N(Cc1ccccc1)C(=O)COc1ccc(Cl)cc1. The van der Waals surface area contributed by atoms with Crippen LogP contribution in [0.1, 0.15) is 32.8 Å². The van der Waals surface area contributed by atoms with E-state index in [0.29, 0.717) is 17.3 Å². The predicted molar refractivity (Wildman–Crippen MR) is 111 cm³/mol. The van der Waals surface area contributed by atoms with Crippen molar-refractivity contribution in [3.8, 4) is 5.75 Å². The van der Waals surface area contributed by atoms with Crippen LogP contribution >= 0.6 is 11.6 Å². The van der Waals surface area contributed by atoms with Gasteiger partial charge in [0.15, 0.2) is 6.61 Å². The lowest BCUT2D eigenvalue weighted by atomic mass is 10.1. The van der Waals surface area contributed by atoms with Crippen LogP contribution in [0.5, 0.6) is 5.75 Å². The summed E-state index contributed by atoms with van der Waals surface area (Å²) >= 11 is 5.87. The minimum Gasteiger partial charge on any atom is -0.484 e. The average molecular weight is 403 g/mol. The number of hydrogen-bond acceptors (Lipinski definition) is 3. The lowest BCUT2D eigenvalue weighted by Gasteiger charge is -2.29. The van der Waals surface area contributed by atoms with Crippen LogP contribution in [-0.4, -0.2) is 35.4 Å². The first-order chi connectivity index (χ1) is 13.4. The Hall–Kier alpha value is -2.53. The lowest BCUT2D eigenvalue weighted by Crippen LogP contribution is -2.50. The van der Waals surface area contributed by atoms with Crippen LogP contribution < -0.4 is 10.1 Å². The molecule has 2 aromatic rings. The molecule has 0 unspecified atom stereocenters. The molecule has 0 fully saturated rings. The third-order valence-corrected chi connectivity index (χ3v) is 4.79. The minimum absolute atomic E-state index is 0.0499. The summed E-state index contributed by atoms with van der Waals surface area (Å²) in [4.78, 5) is 27.0. The fraction of sp³-hybridized carbons (Fsp3) is 0.364. The Morgan fingerprint density at radius 2 is 1.71 bits per heavy atom. The maximum Gasteiger partial charge on any atom is 0.261 e. The van der Waals surface area contributed by atoms with E-state index in [4.69, 9.17) is 16.3 Å². The van der Waals surface area contributed by atoms with E-state index in [1.54, 1.807) is 36.1 Å². The van der Waals surface area contributed by atoms with Crippen molar-refractivity contribution in [3.05, 3.63) is 65.2 Å². The highest BCUT2D eigenvalue weighted by atomic mass is 35.5. The van der Waals surface area contributed by atoms with Crippen molar-refractivity contribution in [3.63, 3.8) is 0 Å². The standard InChI is InChI=1S/C22H27ClN2O3/c1-4-16(2)24-22(27)17(3)25(14-18-8-6-5-7-9-18)21(26)15-28-20-12-10-19(23)11-13-20/h5-13,16-17H,4,14-15H2,1-3H3,(H,24,27)/t16-,17-/m1/s1. The molecule has 0 aliphatic rings. The second-order valence-electron chi connectivity index (χ2n) is 6.74. The molecule has 5 nitrogen and oxygen atoms in total. The minimum atomic E-state index is -0.615. The van der Waals surface area contributed by atoms with Crippen molar-refractivity contribution in [2.75, 3.05) is 6.61 Å². The van der Waals surface area contributed by atoms with Crippen LogP contribution in [-0.2, 0) is 16.1 Å². The molecule has 2 amide bonds. The number of ether oxygens (including phenoxy) is 1. The van der Waals surface area contributed by atoms with Crippen molar-refractivity contribution in [1.82, 2.24) is 10.2 Å². The van der Waals surface area contributed by atoms with Crippen LogP contribution in [0.25, 0.3) is 0 Å². The van der Waals surface area contributed by atoms with E-state index < -0.39 is 6.04 Å². The molecule has 0 heterocycles. The third kappa shape index (κ3) is 6.57. The van der Waals surface area contributed by atoms with Gasteiger partial charge in [-0.1, -0.05) is 48.9 Å². The Morgan fingerprint density at radius 1 is 1.07 bits per heavy atom. The Balaban J connectivity index is 2.10. The molecule has 0 aromatic heterocycles. The second kappa shape index (κ2) is 10.7. The summed E-state index contributed by atoms with van der Waals surface area (Å²) in [5.74, 6) is 0.116. The molecule has 6 heteroatoms. The maximum absolute atomic E-state index is 12.9. The van der Waals surface area contributed by atoms with E-state index in [1.165, 1.54) is 0 Å². The van der Waals surface area contributed by atoms with E-state index >= 15 is 0 Å². The normalized spacial score (nSPS) is 12.7. The zero-order valence-electron chi connectivity index (χ0n) is 16.5. The Morgan fingerprint density at radius 3 is 2.32 bits per heavy atom. The number of halogens is 1. The largest absolute Gasteiger partial charge is 0.484 e. The van der Waals surface area contributed by atoms with Crippen molar-refractivity contribution in [1.29, 1.82) is 0 Å². The molecular weight excluding hydrogens is 376 g/mol. The molecule has 0 radical (unpaired) electrons. The topological polar surface area (TPSA) is 58.6 Å². The van der Waals surface area contributed by atoms with Gasteiger partial charge in [-0.2, -0.15) is 0 Å². The highest BCUT2D eigenvalue weighted by Crippen LogP contribution is 2.16. The summed E-state index contributed by atoms with van der Waals surface area (Å²) < 4.78 is 5.59. The molecule has 2 atom stereocenters. The molecule has 150 valence electrons. The number of carbonyl (C=O) groups is 2. The monoisotopic (exact) mass is 402 g/mol. The van der Waals surface area contributed by atoms with Gasteiger partial charge in [0.1, 0.15) is 11.8 Å². The van der Waals surface area contributed by atoms with Crippen LogP contribution in [0.3, 0.4) is 0 Å². The van der Waals surface area contributed by atoms with Gasteiger partial charge in [0.05, 0.1) is 0 Å². The number of nitrogens with one attached hydrogen (secondary N) is 1. The van der Waals surface area contributed by atoms with Crippen LogP contribution in [0.15, 0.2) is 54.6 Å². The van der Waals surface area contributed by atoms with Gasteiger partial charge < -0.3 is 15.0 Å². The van der Waals surface area contributed by atoms with Gasteiger partial charge in [-0.15, -0.1) is 0 Å². The summed E-state index contributed by atoms with van der Waals surface area (Å²) in [5.41, 5.74) is 0.950. The Labute approximate surface area is 171 Å². The van der Waals surface area contributed by atoms with Crippen molar-refractivity contribution in [2.45, 2.75) is 45.8 Å². The lowest BCUT2D eigenvalue weighted by molar-refractivity contribution is -0.142. The number of hydrogen-bond donors (Lipinski definition) is 1. The molecule has 1 N–H and O–H groups in total. The highest BCUT2D eigenvalue weighted by molar-refractivity contribution is 6.30. The molecule has 2 rings (SSSR count). The zero-order valence-corrected chi connectivity index (χ0v) is 17.3. The van der Waals surface area contributed by atoms with Gasteiger partial charge >= 0.3 is 0 Å². The van der Waals surface area contributed by atoms with Gasteiger partial charge in [0, 0.05) is 17.6 Å². The van der Waals surface area contributed by atoms with Crippen molar-refractivity contribution in [2.24, 2.45) is 0 Å². The average Bonchev–Trinajstić information content (AvgIpc) is 2.71. The van der Waals surface area contributed by atoms with Gasteiger partial charge in [0.2, 0.25) is 5.91 Å². The summed E-state index contributed by atoms with van der Waals surface area (Å²) in [7, 11) is 0. The van der Waals surface area contributed by atoms with Gasteiger partial charge in [-0.05, 0) is 50.1 Å². The fourth-order valence-electron chi connectivity index (χ4n) is 2.59. The van der Waals surface area contributed by atoms with Gasteiger partial charge in [-0.25, -0.2) is 0 Å². The number of nitrogens with zero attached hydrogens (tertiary/aromatic N) is 1. The van der Waals surface area contributed by atoms with E-state index in [2.05, 4.69) is 5.32 Å². The first-order valence-corrected chi connectivity index (χ1v) is 9.80. The van der Waals surface area contributed by atoms with Gasteiger partial charge in [0.25, 0.3) is 5.91 Å². The molecule has 0 saturated heterocycles. The summed E-state index contributed by atoms with van der Waals surface area (Å²) in [6.07, 6.45) is 0.824. The Bertz CT molecular complexity index is 765. The second-order valence-corrected chi connectivity index (χ2v) is 7.18. The number of rotatable bonds is 9. The Kier molecular flexibility index (Phi) is 8.33. The first-order valence-electron chi connectivity index (χ1n) is 9.42. The number of amides is 2. The van der Waals surface area contributed by atoms with Gasteiger partial charge in [-0.3, -0.25) is 9.59 Å².